The second-order valence-corrected chi connectivity index (χ2v) is 12.2. The van der Waals surface area contributed by atoms with Gasteiger partial charge in [0.05, 0.1) is 17.3 Å². The highest BCUT2D eigenvalue weighted by molar-refractivity contribution is 8.30. The molecule has 2 aromatic heterocycles. The highest BCUT2D eigenvalue weighted by Gasteiger charge is 2.34. The molecule has 41 heavy (non-hydrogen) atoms. The number of alkyl halides is 3. The molecular formula is C29H29F3N4O4S. The van der Waals surface area contributed by atoms with Crippen LogP contribution in [0, 0.1) is 11.8 Å². The van der Waals surface area contributed by atoms with E-state index in [1.54, 1.807) is 0 Å². The minimum Gasteiger partial charge on any atom is -0.476 e. The third-order valence-corrected chi connectivity index (χ3v) is 9.51. The van der Waals surface area contributed by atoms with E-state index in [9.17, 15) is 27.9 Å². The molecule has 2 aliphatic rings. The standard InChI is InChI=1S/C29H29F3N4O4S/c1-41-22-14-21(34-26(37)20-8-5-9-23(33-20)29(30,31)32)24(28(38)39)35-25(22)36-27(41)19-12-10-18(11-13-19)16-40-15-17-6-3-2-4-7-17/h2-9,14,18-19,41H,10-13,15-16H2,1H3,(H,34,37)(H,38,39). The highest BCUT2D eigenvalue weighted by Crippen LogP contribution is 2.52. The van der Waals surface area contributed by atoms with Crippen LogP contribution in [0.2, 0.25) is 0 Å². The van der Waals surface area contributed by atoms with E-state index in [4.69, 9.17) is 9.73 Å². The quantitative estimate of drug-likeness (QED) is 0.260. The van der Waals surface area contributed by atoms with E-state index in [2.05, 4.69) is 15.3 Å². The number of hydrogen-bond acceptors (Lipinski definition) is 6. The molecule has 0 bridgehead atoms. The van der Waals surface area contributed by atoms with Gasteiger partial charge in [-0.3, -0.25) is 4.79 Å². The average Bonchev–Trinajstić information content (AvgIpc) is 3.28. The Morgan fingerprint density at radius 1 is 1.05 bits per heavy atom. The molecule has 1 unspecified atom stereocenters. The molecule has 216 valence electrons. The van der Waals surface area contributed by atoms with Crippen LogP contribution in [-0.4, -0.2) is 44.9 Å². The van der Waals surface area contributed by atoms with Gasteiger partial charge < -0.3 is 15.2 Å². The van der Waals surface area contributed by atoms with E-state index in [0.29, 0.717) is 24.9 Å². The maximum absolute atomic E-state index is 13.1. The zero-order valence-corrected chi connectivity index (χ0v) is 23.1. The zero-order valence-electron chi connectivity index (χ0n) is 22.2. The second kappa shape index (κ2) is 12.0. The molecule has 5 rings (SSSR count). The number of anilines is 1. The van der Waals surface area contributed by atoms with Crippen LogP contribution in [0.5, 0.6) is 0 Å². The molecule has 1 atom stereocenters. The van der Waals surface area contributed by atoms with Gasteiger partial charge in [0.1, 0.15) is 11.4 Å². The van der Waals surface area contributed by atoms with Crippen molar-refractivity contribution in [2.24, 2.45) is 16.8 Å². The largest absolute Gasteiger partial charge is 0.476 e. The molecule has 1 saturated carbocycles. The smallest absolute Gasteiger partial charge is 0.433 e. The SMILES string of the molecule is C[SH]1C(C2CCC(COCc3ccccc3)CC2)=Nc2nc(C(=O)O)c(NC(=O)c3cccc(C(F)(F)F)n3)cc21. The number of hydrogen-bond donors (Lipinski definition) is 3. The van der Waals surface area contributed by atoms with Crippen LogP contribution >= 0.6 is 10.9 Å². The predicted molar refractivity (Wildman–Crippen MR) is 150 cm³/mol. The molecule has 1 amide bonds. The molecule has 0 radical (unpaired) electrons. The number of carbonyl (C=O) groups excluding carboxylic acids is 1. The van der Waals surface area contributed by atoms with Gasteiger partial charge in [-0.05, 0) is 61.6 Å². The number of pyridine rings is 2. The molecule has 0 saturated heterocycles. The number of fused-ring (bicyclic) bond motifs is 1. The van der Waals surface area contributed by atoms with Gasteiger partial charge in [0.15, 0.2) is 11.5 Å². The lowest BCUT2D eigenvalue weighted by Gasteiger charge is -2.30. The highest BCUT2D eigenvalue weighted by atomic mass is 32.2. The summed E-state index contributed by atoms with van der Waals surface area (Å²) >= 11 is 0. The number of aromatic nitrogens is 2. The summed E-state index contributed by atoms with van der Waals surface area (Å²) in [5, 5.41) is 13.1. The van der Waals surface area contributed by atoms with Gasteiger partial charge >= 0.3 is 12.1 Å². The van der Waals surface area contributed by atoms with Crippen LogP contribution in [0.25, 0.3) is 0 Å². The number of amides is 1. The summed E-state index contributed by atoms with van der Waals surface area (Å²) in [7, 11) is -0.923. The Morgan fingerprint density at radius 2 is 1.78 bits per heavy atom. The van der Waals surface area contributed by atoms with E-state index in [1.807, 2.05) is 36.6 Å². The lowest BCUT2D eigenvalue weighted by Crippen LogP contribution is -2.23. The Bertz CT molecular complexity index is 1470. The van der Waals surface area contributed by atoms with Gasteiger partial charge in [-0.1, -0.05) is 36.4 Å². The molecule has 2 N–H and O–H groups in total. The molecule has 1 aliphatic carbocycles. The van der Waals surface area contributed by atoms with Crippen LogP contribution < -0.4 is 5.32 Å². The van der Waals surface area contributed by atoms with Gasteiger partial charge in [0, 0.05) is 17.4 Å². The maximum Gasteiger partial charge on any atom is 0.433 e. The second-order valence-electron chi connectivity index (χ2n) is 10.1. The Morgan fingerprint density at radius 3 is 2.46 bits per heavy atom. The first-order valence-electron chi connectivity index (χ1n) is 13.2. The summed E-state index contributed by atoms with van der Waals surface area (Å²) in [4.78, 5) is 37.8. The monoisotopic (exact) mass is 586 g/mol. The van der Waals surface area contributed by atoms with Crippen LogP contribution in [0.3, 0.4) is 0 Å². The molecule has 0 spiro atoms. The number of thiol groups is 1. The van der Waals surface area contributed by atoms with Crippen molar-refractivity contribution in [3.63, 3.8) is 0 Å². The van der Waals surface area contributed by atoms with Gasteiger partial charge in [-0.2, -0.15) is 24.1 Å². The number of halogens is 3. The summed E-state index contributed by atoms with van der Waals surface area (Å²) in [6.07, 6.45) is 1.17. The van der Waals surface area contributed by atoms with Gasteiger partial charge in [-0.25, -0.2) is 19.8 Å². The van der Waals surface area contributed by atoms with Gasteiger partial charge in [0.2, 0.25) is 0 Å². The molecular weight excluding hydrogens is 557 g/mol. The van der Waals surface area contributed by atoms with Crippen molar-refractivity contribution < 1.29 is 32.6 Å². The number of nitrogens with zero attached hydrogens (tertiary/aromatic N) is 3. The summed E-state index contributed by atoms with van der Waals surface area (Å²) in [6, 6.07) is 14.5. The zero-order chi connectivity index (χ0) is 29.1. The van der Waals surface area contributed by atoms with E-state index in [0.717, 1.165) is 59.4 Å². The number of aromatic carboxylic acids is 1. The third kappa shape index (κ3) is 6.59. The number of carboxylic acid groups (broad SMARTS) is 1. The molecule has 8 nitrogen and oxygen atoms in total. The Balaban J connectivity index is 1.25. The predicted octanol–water partition coefficient (Wildman–Crippen LogP) is 6.50. The van der Waals surface area contributed by atoms with Crippen LogP contribution in [0.1, 0.15) is 57.9 Å². The summed E-state index contributed by atoms with van der Waals surface area (Å²) in [6.45, 7) is 1.28. The third-order valence-electron chi connectivity index (χ3n) is 7.31. The molecule has 12 heteroatoms. The Labute approximate surface area is 237 Å². The van der Waals surface area contributed by atoms with E-state index in [-0.39, 0.29) is 11.6 Å². The minimum absolute atomic E-state index is 0.106. The lowest BCUT2D eigenvalue weighted by atomic mass is 9.83. The normalized spacial score (nSPS) is 21.2. The van der Waals surface area contributed by atoms with E-state index in [1.165, 1.54) is 6.07 Å². The number of carbonyl (C=O) groups is 2. The molecule has 3 heterocycles. The van der Waals surface area contributed by atoms with E-state index < -0.39 is 46.0 Å². The molecule has 1 aliphatic heterocycles. The fourth-order valence-electron chi connectivity index (χ4n) is 5.16. The van der Waals surface area contributed by atoms with Gasteiger partial charge in [0.25, 0.3) is 5.91 Å². The number of nitrogens with one attached hydrogen (secondary N) is 1. The number of carboxylic acids is 1. The minimum atomic E-state index is -4.72. The Kier molecular flexibility index (Phi) is 8.41. The molecule has 1 fully saturated rings. The number of aliphatic imine (C=N–C) groups is 1. The first-order chi connectivity index (χ1) is 19.6. The van der Waals surface area contributed by atoms with Gasteiger partial charge in [-0.15, -0.1) is 0 Å². The van der Waals surface area contributed by atoms with Crippen molar-refractivity contribution in [2.75, 3.05) is 18.2 Å². The fourth-order valence-corrected chi connectivity index (χ4v) is 7.18. The first kappa shape index (κ1) is 28.7. The molecule has 3 aromatic rings. The van der Waals surface area contributed by atoms with Crippen molar-refractivity contribution in [2.45, 2.75) is 43.4 Å². The van der Waals surface area contributed by atoms with Crippen molar-refractivity contribution in [3.05, 3.63) is 77.2 Å². The fraction of sp³-hybridized carbons (Fsp3) is 0.345. The molecule has 1 aromatic carbocycles. The average molecular weight is 587 g/mol. The lowest BCUT2D eigenvalue weighted by molar-refractivity contribution is -0.141. The number of benzene rings is 1. The van der Waals surface area contributed by atoms with Crippen molar-refractivity contribution in [1.29, 1.82) is 0 Å². The van der Waals surface area contributed by atoms with Crippen LogP contribution in [0.15, 0.2) is 64.5 Å². The van der Waals surface area contributed by atoms with Crippen molar-refractivity contribution >= 4 is 39.3 Å². The number of rotatable bonds is 8. The summed E-state index contributed by atoms with van der Waals surface area (Å²) in [5.74, 6) is -1.33. The van der Waals surface area contributed by atoms with Crippen molar-refractivity contribution in [3.8, 4) is 0 Å². The maximum atomic E-state index is 13.1. The topological polar surface area (TPSA) is 114 Å². The Hall–Kier alpha value is -3.77. The number of ether oxygens (including phenoxy) is 1. The summed E-state index contributed by atoms with van der Waals surface area (Å²) in [5.41, 5.74) is -1.10. The first-order valence-corrected chi connectivity index (χ1v) is 15.0. The summed E-state index contributed by atoms with van der Waals surface area (Å²) < 4.78 is 45.1. The van der Waals surface area contributed by atoms with Crippen LogP contribution in [0.4, 0.5) is 24.7 Å². The van der Waals surface area contributed by atoms with Crippen molar-refractivity contribution in [1.82, 2.24) is 9.97 Å². The van der Waals surface area contributed by atoms with Crippen LogP contribution in [-0.2, 0) is 17.5 Å². The van der Waals surface area contributed by atoms with E-state index >= 15 is 0 Å².